The van der Waals surface area contributed by atoms with Crippen LogP contribution in [-0.4, -0.2) is 26.8 Å². The standard InChI is InChI=1S/C18H20N2O3S/c1-13(21)14-6-8-18(9-7-14)24(22,23)20-12-17-10-15-4-2-3-5-16(15)11-19-17/h2-9,17,19-20H,10-12H2,1H3. The summed E-state index contributed by atoms with van der Waals surface area (Å²) in [6.45, 7) is 2.52. The first kappa shape index (κ1) is 16.8. The first-order valence-corrected chi connectivity index (χ1v) is 9.35. The van der Waals surface area contributed by atoms with Gasteiger partial charge in [-0.1, -0.05) is 36.4 Å². The van der Waals surface area contributed by atoms with Crippen molar-refractivity contribution in [1.29, 1.82) is 0 Å². The van der Waals surface area contributed by atoms with Crippen LogP contribution in [0, 0.1) is 0 Å². The first-order valence-electron chi connectivity index (χ1n) is 7.86. The van der Waals surface area contributed by atoms with E-state index < -0.39 is 10.0 Å². The van der Waals surface area contributed by atoms with Gasteiger partial charge < -0.3 is 5.32 Å². The normalized spacial score (nSPS) is 17.3. The summed E-state index contributed by atoms with van der Waals surface area (Å²) < 4.78 is 27.4. The van der Waals surface area contributed by atoms with Gasteiger partial charge in [-0.2, -0.15) is 0 Å². The molecular weight excluding hydrogens is 324 g/mol. The van der Waals surface area contributed by atoms with Crippen molar-refractivity contribution in [3.8, 4) is 0 Å². The zero-order valence-electron chi connectivity index (χ0n) is 13.5. The average molecular weight is 344 g/mol. The molecule has 6 heteroatoms. The molecule has 0 fully saturated rings. The fourth-order valence-corrected chi connectivity index (χ4v) is 3.91. The molecule has 0 bridgehead atoms. The lowest BCUT2D eigenvalue weighted by molar-refractivity contribution is 0.101. The largest absolute Gasteiger partial charge is 0.308 e. The van der Waals surface area contributed by atoms with Crippen molar-refractivity contribution in [2.75, 3.05) is 6.54 Å². The molecule has 0 spiro atoms. The zero-order chi connectivity index (χ0) is 17.2. The molecule has 1 unspecified atom stereocenters. The van der Waals surface area contributed by atoms with Crippen LogP contribution in [0.15, 0.2) is 53.4 Å². The lowest BCUT2D eigenvalue weighted by Gasteiger charge is -2.26. The third-order valence-corrected chi connectivity index (χ3v) is 5.70. The molecule has 0 aliphatic carbocycles. The summed E-state index contributed by atoms with van der Waals surface area (Å²) in [7, 11) is -3.58. The Kier molecular flexibility index (Phi) is 4.80. The van der Waals surface area contributed by atoms with Gasteiger partial charge in [0.25, 0.3) is 0 Å². The predicted molar refractivity (Wildman–Crippen MR) is 92.4 cm³/mol. The van der Waals surface area contributed by atoms with Gasteiger partial charge in [0, 0.05) is 24.7 Å². The summed E-state index contributed by atoms with van der Waals surface area (Å²) in [6, 6.07) is 14.2. The van der Waals surface area contributed by atoms with E-state index in [1.165, 1.54) is 42.3 Å². The molecule has 1 aliphatic heterocycles. The van der Waals surface area contributed by atoms with Gasteiger partial charge in [-0.05, 0) is 36.6 Å². The van der Waals surface area contributed by atoms with Gasteiger partial charge in [-0.25, -0.2) is 13.1 Å². The summed E-state index contributed by atoms with van der Waals surface area (Å²) in [5.74, 6) is -0.0861. The Morgan fingerprint density at radius 3 is 2.46 bits per heavy atom. The van der Waals surface area contributed by atoms with Gasteiger partial charge >= 0.3 is 0 Å². The monoisotopic (exact) mass is 344 g/mol. The number of rotatable bonds is 5. The molecule has 126 valence electrons. The van der Waals surface area contributed by atoms with Crippen molar-refractivity contribution in [3.05, 3.63) is 65.2 Å². The molecule has 2 N–H and O–H groups in total. The number of benzene rings is 2. The molecule has 0 saturated carbocycles. The fraction of sp³-hybridized carbons (Fsp3) is 0.278. The second-order valence-corrected chi connectivity index (χ2v) is 7.75. The highest BCUT2D eigenvalue weighted by Crippen LogP contribution is 2.16. The van der Waals surface area contributed by atoms with Gasteiger partial charge in [0.1, 0.15) is 0 Å². The molecule has 2 aromatic rings. The van der Waals surface area contributed by atoms with Crippen LogP contribution in [0.3, 0.4) is 0 Å². The van der Waals surface area contributed by atoms with E-state index in [0.717, 1.165) is 13.0 Å². The van der Waals surface area contributed by atoms with Crippen LogP contribution >= 0.6 is 0 Å². The van der Waals surface area contributed by atoms with Gasteiger partial charge in [0.05, 0.1) is 4.90 Å². The summed E-state index contributed by atoms with van der Waals surface area (Å²) in [6.07, 6.45) is 0.794. The number of Topliss-reactive ketones (excluding diaryl/α,β-unsaturated/α-hetero) is 1. The van der Waals surface area contributed by atoms with E-state index in [1.807, 2.05) is 12.1 Å². The van der Waals surface area contributed by atoms with E-state index in [2.05, 4.69) is 22.2 Å². The Morgan fingerprint density at radius 2 is 1.79 bits per heavy atom. The van der Waals surface area contributed by atoms with Crippen LogP contribution in [-0.2, 0) is 23.0 Å². The van der Waals surface area contributed by atoms with Crippen molar-refractivity contribution in [2.45, 2.75) is 30.8 Å². The number of ketones is 1. The maximum atomic E-state index is 12.4. The van der Waals surface area contributed by atoms with E-state index in [1.54, 1.807) is 0 Å². The Morgan fingerprint density at radius 1 is 1.12 bits per heavy atom. The van der Waals surface area contributed by atoms with Crippen molar-refractivity contribution in [3.63, 3.8) is 0 Å². The quantitative estimate of drug-likeness (QED) is 0.812. The fourth-order valence-electron chi connectivity index (χ4n) is 2.83. The number of carbonyl (C=O) groups is 1. The summed E-state index contributed by atoms with van der Waals surface area (Å²) in [5.41, 5.74) is 3.02. The van der Waals surface area contributed by atoms with Gasteiger partial charge in [0.2, 0.25) is 10.0 Å². The minimum absolute atomic E-state index is 0.0613. The number of sulfonamides is 1. The minimum atomic E-state index is -3.58. The Labute approximate surface area is 142 Å². The molecule has 0 aromatic heterocycles. The topological polar surface area (TPSA) is 75.3 Å². The van der Waals surface area contributed by atoms with Crippen LogP contribution < -0.4 is 10.0 Å². The van der Waals surface area contributed by atoms with E-state index in [4.69, 9.17) is 0 Å². The van der Waals surface area contributed by atoms with Crippen molar-refractivity contribution < 1.29 is 13.2 Å². The molecule has 3 rings (SSSR count). The van der Waals surface area contributed by atoms with Crippen LogP contribution in [0.5, 0.6) is 0 Å². The molecule has 1 atom stereocenters. The lowest BCUT2D eigenvalue weighted by atomic mass is 9.96. The second kappa shape index (κ2) is 6.84. The van der Waals surface area contributed by atoms with Gasteiger partial charge in [-0.3, -0.25) is 4.79 Å². The van der Waals surface area contributed by atoms with Crippen molar-refractivity contribution in [1.82, 2.24) is 10.0 Å². The van der Waals surface area contributed by atoms with E-state index in [9.17, 15) is 13.2 Å². The molecule has 5 nitrogen and oxygen atoms in total. The van der Waals surface area contributed by atoms with E-state index in [-0.39, 0.29) is 16.7 Å². The predicted octanol–water partition coefficient (Wildman–Crippen LogP) is 1.88. The van der Waals surface area contributed by atoms with Gasteiger partial charge in [0.15, 0.2) is 5.78 Å². The molecule has 1 heterocycles. The van der Waals surface area contributed by atoms with Gasteiger partial charge in [-0.15, -0.1) is 0 Å². The molecule has 0 radical (unpaired) electrons. The highest BCUT2D eigenvalue weighted by Gasteiger charge is 2.21. The van der Waals surface area contributed by atoms with E-state index in [0.29, 0.717) is 12.1 Å². The summed E-state index contributed by atoms with van der Waals surface area (Å²) >= 11 is 0. The highest BCUT2D eigenvalue weighted by atomic mass is 32.2. The number of nitrogens with one attached hydrogen (secondary N) is 2. The maximum Gasteiger partial charge on any atom is 0.240 e. The molecule has 0 saturated heterocycles. The summed E-state index contributed by atoms with van der Waals surface area (Å²) in [5, 5.41) is 3.35. The number of hydrogen-bond donors (Lipinski definition) is 2. The Balaban J connectivity index is 1.64. The Hall–Kier alpha value is -2.02. The van der Waals surface area contributed by atoms with E-state index >= 15 is 0 Å². The second-order valence-electron chi connectivity index (χ2n) is 5.98. The molecule has 1 aliphatic rings. The molecule has 24 heavy (non-hydrogen) atoms. The number of fused-ring (bicyclic) bond motifs is 1. The minimum Gasteiger partial charge on any atom is -0.308 e. The SMILES string of the molecule is CC(=O)c1ccc(S(=O)(=O)NCC2Cc3ccccc3CN2)cc1. The number of carbonyl (C=O) groups excluding carboxylic acids is 1. The van der Waals surface area contributed by atoms with Crippen LogP contribution in [0.25, 0.3) is 0 Å². The van der Waals surface area contributed by atoms with Crippen LogP contribution in [0.2, 0.25) is 0 Å². The molecule has 0 amide bonds. The van der Waals surface area contributed by atoms with Crippen molar-refractivity contribution in [2.24, 2.45) is 0 Å². The average Bonchev–Trinajstić information content (AvgIpc) is 2.60. The Bertz CT molecular complexity index is 845. The molecular formula is C18H20N2O3S. The van der Waals surface area contributed by atoms with Crippen LogP contribution in [0.1, 0.15) is 28.4 Å². The smallest absolute Gasteiger partial charge is 0.240 e. The lowest BCUT2D eigenvalue weighted by Crippen LogP contribution is -2.44. The summed E-state index contributed by atoms with van der Waals surface area (Å²) in [4.78, 5) is 11.4. The maximum absolute atomic E-state index is 12.4. The third kappa shape index (κ3) is 3.72. The highest BCUT2D eigenvalue weighted by molar-refractivity contribution is 7.89. The van der Waals surface area contributed by atoms with Crippen LogP contribution in [0.4, 0.5) is 0 Å². The third-order valence-electron chi connectivity index (χ3n) is 4.26. The zero-order valence-corrected chi connectivity index (χ0v) is 14.3. The number of hydrogen-bond acceptors (Lipinski definition) is 4. The van der Waals surface area contributed by atoms with Crippen molar-refractivity contribution >= 4 is 15.8 Å². The first-order chi connectivity index (χ1) is 11.5. The molecule has 2 aromatic carbocycles.